The van der Waals surface area contributed by atoms with Gasteiger partial charge in [-0.15, -0.1) is 0 Å². The number of halogens is 1. The molecule has 0 aliphatic carbocycles. The molecular weight excluding hydrogens is 448 g/mol. The van der Waals surface area contributed by atoms with Crippen molar-refractivity contribution < 1.29 is 9.53 Å². The van der Waals surface area contributed by atoms with Crippen LogP contribution in [0.1, 0.15) is 18.0 Å². The average molecular weight is 471 g/mol. The summed E-state index contributed by atoms with van der Waals surface area (Å²) in [5.41, 5.74) is 8.64. The number of carbonyl (C=O) groups is 1. The van der Waals surface area contributed by atoms with Gasteiger partial charge in [-0.05, 0) is 36.2 Å². The van der Waals surface area contributed by atoms with Crippen molar-refractivity contribution in [1.82, 2.24) is 20.8 Å². The van der Waals surface area contributed by atoms with E-state index in [1.807, 2.05) is 48.8 Å². The Hall–Kier alpha value is -2.88. The van der Waals surface area contributed by atoms with Crippen LogP contribution in [0.3, 0.4) is 0 Å². The van der Waals surface area contributed by atoms with Gasteiger partial charge in [0, 0.05) is 17.4 Å². The lowest BCUT2D eigenvalue weighted by Gasteiger charge is -2.36. The van der Waals surface area contributed by atoms with E-state index in [1.54, 1.807) is 7.11 Å². The molecule has 166 valence electrons. The predicted molar refractivity (Wildman–Crippen MR) is 127 cm³/mol. The summed E-state index contributed by atoms with van der Waals surface area (Å²) in [4.78, 5) is 14.6. The van der Waals surface area contributed by atoms with E-state index in [-0.39, 0.29) is 29.9 Å². The maximum atomic E-state index is 12.5. The molecule has 3 N–H and O–H groups in total. The standard InChI is InChI=1S/C22H23ClN6O2S/c1-31-19-5-3-2-4-16(19)24-20(30)13-32-22-26-25-21-18-12-17(14-6-8-15(23)9-7-14)27-29(18)11-10-28(21)22/h2-11,17-18,21,25,27H,12-13H2,1H3,(H,24,30). The Balaban J connectivity index is 1.18. The van der Waals surface area contributed by atoms with Gasteiger partial charge in [0.15, 0.2) is 5.17 Å². The van der Waals surface area contributed by atoms with Crippen molar-refractivity contribution >= 4 is 40.1 Å². The maximum Gasteiger partial charge on any atom is 0.234 e. The first-order chi connectivity index (χ1) is 15.6. The molecule has 3 aliphatic heterocycles. The van der Waals surface area contributed by atoms with Crippen LogP contribution in [0.15, 0.2) is 66.0 Å². The molecule has 1 saturated heterocycles. The summed E-state index contributed by atoms with van der Waals surface area (Å²) in [6.45, 7) is 0. The molecule has 1 amide bonds. The zero-order valence-electron chi connectivity index (χ0n) is 17.4. The lowest BCUT2D eigenvalue weighted by molar-refractivity contribution is -0.113. The number of hydrazine groups is 1. The van der Waals surface area contributed by atoms with Gasteiger partial charge < -0.3 is 20.0 Å². The lowest BCUT2D eigenvalue weighted by atomic mass is 10.00. The summed E-state index contributed by atoms with van der Waals surface area (Å²) in [5, 5.41) is 11.0. The number of anilines is 1. The van der Waals surface area contributed by atoms with Gasteiger partial charge in [-0.3, -0.25) is 10.2 Å². The van der Waals surface area contributed by atoms with Gasteiger partial charge in [0.05, 0.1) is 30.6 Å². The van der Waals surface area contributed by atoms with Crippen LogP contribution in [0.25, 0.3) is 0 Å². The molecule has 2 aromatic carbocycles. The molecule has 0 radical (unpaired) electrons. The van der Waals surface area contributed by atoms with E-state index >= 15 is 0 Å². The molecule has 0 bridgehead atoms. The number of fused-ring (bicyclic) bond motifs is 3. The topological polar surface area (TPSA) is 81.2 Å². The molecule has 10 heteroatoms. The Morgan fingerprint density at radius 1 is 1.25 bits per heavy atom. The molecule has 3 heterocycles. The zero-order valence-corrected chi connectivity index (χ0v) is 18.9. The summed E-state index contributed by atoms with van der Waals surface area (Å²) in [6.07, 6.45) is 4.93. The molecule has 0 saturated carbocycles. The van der Waals surface area contributed by atoms with Crippen molar-refractivity contribution in [3.63, 3.8) is 0 Å². The number of nitrogens with zero attached hydrogens (tertiary/aromatic N) is 3. The van der Waals surface area contributed by atoms with Gasteiger partial charge in [-0.1, -0.05) is 47.6 Å². The van der Waals surface area contributed by atoms with Crippen molar-refractivity contribution in [2.45, 2.75) is 24.7 Å². The Morgan fingerprint density at radius 2 is 2.06 bits per heavy atom. The average Bonchev–Trinajstić information content (AvgIpc) is 3.42. The van der Waals surface area contributed by atoms with Gasteiger partial charge in [-0.25, -0.2) is 5.43 Å². The number of nitrogens with one attached hydrogen (secondary N) is 3. The van der Waals surface area contributed by atoms with Crippen LogP contribution in [0.2, 0.25) is 5.02 Å². The van der Waals surface area contributed by atoms with E-state index in [1.165, 1.54) is 17.3 Å². The van der Waals surface area contributed by atoms with Crippen molar-refractivity contribution in [3.05, 3.63) is 71.5 Å². The molecule has 3 unspecified atom stereocenters. The molecule has 32 heavy (non-hydrogen) atoms. The largest absolute Gasteiger partial charge is 0.495 e. The Kier molecular flexibility index (Phi) is 5.86. The highest BCUT2D eigenvalue weighted by Gasteiger charge is 2.44. The number of hydrogen-bond acceptors (Lipinski definition) is 8. The number of methoxy groups -OCH3 is 1. The van der Waals surface area contributed by atoms with Crippen LogP contribution in [-0.2, 0) is 4.79 Å². The number of hydrogen-bond donors (Lipinski definition) is 3. The Labute approximate surface area is 195 Å². The minimum Gasteiger partial charge on any atom is -0.495 e. The molecule has 3 aliphatic rings. The van der Waals surface area contributed by atoms with Crippen molar-refractivity contribution in [1.29, 1.82) is 0 Å². The van der Waals surface area contributed by atoms with Crippen LogP contribution in [0.4, 0.5) is 5.69 Å². The number of hydrazone groups is 1. The Bertz CT molecular complexity index is 1060. The summed E-state index contributed by atoms with van der Waals surface area (Å²) < 4.78 is 5.29. The first kappa shape index (κ1) is 21.0. The molecule has 0 spiro atoms. The number of amidine groups is 1. The van der Waals surface area contributed by atoms with Crippen molar-refractivity contribution in [2.75, 3.05) is 18.2 Å². The highest BCUT2D eigenvalue weighted by Crippen LogP contribution is 2.35. The van der Waals surface area contributed by atoms with E-state index in [9.17, 15) is 4.79 Å². The van der Waals surface area contributed by atoms with Crippen LogP contribution >= 0.6 is 23.4 Å². The third-order valence-electron chi connectivity index (χ3n) is 5.69. The third-order valence-corrected chi connectivity index (χ3v) is 6.91. The molecule has 0 aromatic heterocycles. The van der Waals surface area contributed by atoms with Crippen LogP contribution in [0.5, 0.6) is 5.75 Å². The van der Waals surface area contributed by atoms with Crippen molar-refractivity contribution in [3.8, 4) is 5.75 Å². The predicted octanol–water partition coefficient (Wildman–Crippen LogP) is 3.33. The normalized spacial score (nSPS) is 23.3. The van der Waals surface area contributed by atoms with E-state index in [0.29, 0.717) is 11.4 Å². The first-order valence-electron chi connectivity index (χ1n) is 10.3. The maximum absolute atomic E-state index is 12.5. The van der Waals surface area contributed by atoms with Gasteiger partial charge >= 0.3 is 0 Å². The highest BCUT2D eigenvalue weighted by atomic mass is 35.5. The minimum absolute atomic E-state index is 0.00424. The second kappa shape index (κ2) is 8.93. The molecule has 2 aromatic rings. The van der Waals surface area contributed by atoms with E-state index in [0.717, 1.165) is 16.6 Å². The van der Waals surface area contributed by atoms with Crippen LogP contribution < -0.4 is 20.9 Å². The van der Waals surface area contributed by atoms with E-state index in [4.69, 9.17) is 16.3 Å². The fourth-order valence-corrected chi connectivity index (χ4v) is 5.03. The number of thioether (sulfide) groups is 1. The quantitative estimate of drug-likeness (QED) is 0.618. The molecule has 3 atom stereocenters. The van der Waals surface area contributed by atoms with E-state index < -0.39 is 0 Å². The molecule has 8 nitrogen and oxygen atoms in total. The van der Waals surface area contributed by atoms with E-state index in [2.05, 4.69) is 43.3 Å². The fourth-order valence-electron chi connectivity index (χ4n) is 4.13. The number of rotatable bonds is 5. The smallest absolute Gasteiger partial charge is 0.234 e. The third kappa shape index (κ3) is 4.11. The second-order valence-electron chi connectivity index (χ2n) is 7.65. The first-order valence-corrected chi connectivity index (χ1v) is 11.6. The van der Waals surface area contributed by atoms with Gasteiger partial charge in [0.2, 0.25) is 5.91 Å². The number of ether oxygens (including phenoxy) is 1. The summed E-state index contributed by atoms with van der Waals surface area (Å²) in [5.74, 6) is 0.766. The van der Waals surface area contributed by atoms with Crippen molar-refractivity contribution in [2.24, 2.45) is 5.10 Å². The number of carbonyl (C=O) groups excluding carboxylic acids is 1. The molecule has 1 fully saturated rings. The van der Waals surface area contributed by atoms with Gasteiger partial charge in [0.25, 0.3) is 0 Å². The van der Waals surface area contributed by atoms with Gasteiger partial charge in [-0.2, -0.15) is 5.10 Å². The van der Waals surface area contributed by atoms with Crippen LogP contribution in [-0.4, -0.2) is 46.1 Å². The molecular formula is C22H23ClN6O2S. The summed E-state index contributed by atoms with van der Waals surface area (Å²) in [7, 11) is 1.58. The lowest BCUT2D eigenvalue weighted by Crippen LogP contribution is -2.54. The fraction of sp³-hybridized carbons (Fsp3) is 0.273. The highest BCUT2D eigenvalue weighted by molar-refractivity contribution is 8.14. The second-order valence-corrected chi connectivity index (χ2v) is 9.03. The number of amides is 1. The monoisotopic (exact) mass is 470 g/mol. The minimum atomic E-state index is -0.112. The van der Waals surface area contributed by atoms with Crippen LogP contribution in [0, 0.1) is 0 Å². The molecule has 5 rings (SSSR count). The zero-order chi connectivity index (χ0) is 22.1. The summed E-state index contributed by atoms with van der Waals surface area (Å²) >= 11 is 7.43. The van der Waals surface area contributed by atoms with Gasteiger partial charge in [0.1, 0.15) is 11.9 Å². The Morgan fingerprint density at radius 3 is 2.88 bits per heavy atom. The number of benzene rings is 2. The SMILES string of the molecule is COc1ccccc1NC(=O)CSC1=NNC2C3CC(c4ccc(Cl)cc4)NN3C=CN12. The summed E-state index contributed by atoms with van der Waals surface area (Å²) in [6, 6.07) is 15.7. The number of para-hydroxylation sites is 2.